The zero-order valence-electron chi connectivity index (χ0n) is 11.3. The van der Waals surface area contributed by atoms with E-state index in [-0.39, 0.29) is 16.6 Å². The molecule has 3 rings (SSSR count). The van der Waals surface area contributed by atoms with Crippen LogP contribution in [-0.2, 0) is 10.0 Å². The Kier molecular flexibility index (Phi) is 3.54. The Morgan fingerprint density at radius 2 is 2.00 bits per heavy atom. The molecule has 1 aromatic carbocycles. The normalized spacial score (nSPS) is 15.3. The van der Waals surface area contributed by atoms with Gasteiger partial charge < -0.3 is 5.32 Å². The standard InChI is InChI=1S/C12H13N5O4S/c18-17(19)10-1-3-12(4-2-10)22(20,21)15-9-5-14-16(8-9)11-6-13-7-11/h1-5,8,11,13,15H,6-7H2. The fourth-order valence-corrected chi connectivity index (χ4v) is 3.04. The van der Waals surface area contributed by atoms with Crippen molar-refractivity contribution in [1.82, 2.24) is 15.1 Å². The Bertz CT molecular complexity index is 795. The van der Waals surface area contributed by atoms with E-state index in [4.69, 9.17) is 0 Å². The van der Waals surface area contributed by atoms with Gasteiger partial charge in [-0.3, -0.25) is 19.5 Å². The summed E-state index contributed by atoms with van der Waals surface area (Å²) in [7, 11) is -3.80. The number of hydrogen-bond donors (Lipinski definition) is 2. The predicted octanol–water partition coefficient (Wildman–Crippen LogP) is 0.736. The summed E-state index contributed by atoms with van der Waals surface area (Å²) in [4.78, 5) is 9.95. The van der Waals surface area contributed by atoms with Crippen molar-refractivity contribution < 1.29 is 13.3 Å². The van der Waals surface area contributed by atoms with Crippen LogP contribution in [-0.4, -0.2) is 36.2 Å². The van der Waals surface area contributed by atoms with E-state index in [0.29, 0.717) is 5.69 Å². The fourth-order valence-electron chi connectivity index (χ4n) is 2.01. The van der Waals surface area contributed by atoms with Crippen LogP contribution in [0.15, 0.2) is 41.6 Å². The third-order valence-corrected chi connectivity index (χ3v) is 4.74. The molecule has 1 aliphatic heterocycles. The average molecular weight is 323 g/mol. The SMILES string of the molecule is O=[N+]([O-])c1ccc(S(=O)(=O)Nc2cnn(C3CNC3)c2)cc1. The first-order valence-electron chi connectivity index (χ1n) is 6.48. The van der Waals surface area contributed by atoms with Crippen molar-refractivity contribution in [2.75, 3.05) is 17.8 Å². The van der Waals surface area contributed by atoms with E-state index in [1.54, 1.807) is 10.9 Å². The van der Waals surface area contributed by atoms with Crippen molar-refractivity contribution in [3.63, 3.8) is 0 Å². The summed E-state index contributed by atoms with van der Waals surface area (Å²) in [6, 6.07) is 4.93. The molecule has 0 spiro atoms. The van der Waals surface area contributed by atoms with Gasteiger partial charge in [-0.15, -0.1) is 0 Å². The minimum absolute atomic E-state index is 0.0452. The molecule has 0 amide bonds. The van der Waals surface area contributed by atoms with Crippen LogP contribution in [0, 0.1) is 10.1 Å². The van der Waals surface area contributed by atoms with Gasteiger partial charge in [-0.2, -0.15) is 5.10 Å². The third-order valence-electron chi connectivity index (χ3n) is 3.35. The number of benzene rings is 1. The Balaban J connectivity index is 1.77. The number of non-ortho nitro benzene ring substituents is 1. The first-order chi connectivity index (χ1) is 10.5. The summed E-state index contributed by atoms with van der Waals surface area (Å²) >= 11 is 0. The van der Waals surface area contributed by atoms with Gasteiger partial charge in [0.05, 0.1) is 27.7 Å². The van der Waals surface area contributed by atoms with E-state index in [0.717, 1.165) is 25.2 Å². The molecule has 0 aliphatic carbocycles. The Morgan fingerprint density at radius 1 is 1.32 bits per heavy atom. The second-order valence-corrected chi connectivity index (χ2v) is 6.56. The third kappa shape index (κ3) is 2.78. The lowest BCUT2D eigenvalue weighted by molar-refractivity contribution is -0.384. The Morgan fingerprint density at radius 3 is 2.55 bits per heavy atom. The topological polar surface area (TPSA) is 119 Å². The zero-order chi connectivity index (χ0) is 15.7. The molecule has 116 valence electrons. The molecule has 22 heavy (non-hydrogen) atoms. The summed E-state index contributed by atoms with van der Waals surface area (Å²) in [6.07, 6.45) is 3.05. The molecule has 1 aliphatic rings. The summed E-state index contributed by atoms with van der Waals surface area (Å²) in [5.41, 5.74) is 0.189. The van der Waals surface area contributed by atoms with E-state index in [1.807, 2.05) is 0 Å². The Labute approximate surface area is 126 Å². The highest BCUT2D eigenvalue weighted by molar-refractivity contribution is 7.92. The molecule has 1 saturated heterocycles. The smallest absolute Gasteiger partial charge is 0.269 e. The highest BCUT2D eigenvalue weighted by Crippen LogP contribution is 2.20. The number of nitrogens with one attached hydrogen (secondary N) is 2. The molecule has 1 fully saturated rings. The maximum Gasteiger partial charge on any atom is 0.269 e. The van der Waals surface area contributed by atoms with Crippen LogP contribution in [0.3, 0.4) is 0 Å². The number of nitro groups is 1. The molecule has 9 nitrogen and oxygen atoms in total. The zero-order valence-corrected chi connectivity index (χ0v) is 12.2. The number of sulfonamides is 1. The molecule has 0 atom stereocenters. The number of rotatable bonds is 5. The first kappa shape index (κ1) is 14.5. The number of nitrogens with zero attached hydrogens (tertiary/aromatic N) is 3. The van der Waals surface area contributed by atoms with Gasteiger partial charge in [0.25, 0.3) is 15.7 Å². The van der Waals surface area contributed by atoms with Crippen molar-refractivity contribution in [2.24, 2.45) is 0 Å². The second kappa shape index (κ2) is 5.39. The van der Waals surface area contributed by atoms with E-state index >= 15 is 0 Å². The maximum absolute atomic E-state index is 12.2. The summed E-state index contributed by atoms with van der Waals surface area (Å²) in [5.74, 6) is 0. The highest BCUT2D eigenvalue weighted by Gasteiger charge is 2.21. The van der Waals surface area contributed by atoms with Crippen LogP contribution >= 0.6 is 0 Å². The van der Waals surface area contributed by atoms with Crippen molar-refractivity contribution >= 4 is 21.4 Å². The lowest BCUT2D eigenvalue weighted by Crippen LogP contribution is -2.43. The van der Waals surface area contributed by atoms with Gasteiger partial charge in [-0.1, -0.05) is 0 Å². The molecule has 10 heteroatoms. The number of nitro benzene ring substituents is 1. The predicted molar refractivity (Wildman–Crippen MR) is 78.0 cm³/mol. The molecule has 1 aromatic heterocycles. The number of hydrogen-bond acceptors (Lipinski definition) is 6. The lowest BCUT2D eigenvalue weighted by Gasteiger charge is -2.27. The van der Waals surface area contributed by atoms with E-state index in [1.165, 1.54) is 18.3 Å². The minimum atomic E-state index is -3.80. The number of anilines is 1. The monoisotopic (exact) mass is 323 g/mol. The molecular weight excluding hydrogens is 310 g/mol. The highest BCUT2D eigenvalue weighted by atomic mass is 32.2. The van der Waals surface area contributed by atoms with E-state index in [9.17, 15) is 18.5 Å². The van der Waals surface area contributed by atoms with Crippen LogP contribution in [0.1, 0.15) is 6.04 Å². The second-order valence-electron chi connectivity index (χ2n) is 4.88. The first-order valence-corrected chi connectivity index (χ1v) is 7.96. The van der Waals surface area contributed by atoms with Gasteiger partial charge in [-0.25, -0.2) is 8.42 Å². The van der Waals surface area contributed by atoms with Gasteiger partial charge in [0.1, 0.15) is 0 Å². The van der Waals surface area contributed by atoms with Gasteiger partial charge >= 0.3 is 0 Å². The van der Waals surface area contributed by atoms with Crippen molar-refractivity contribution in [3.05, 3.63) is 46.8 Å². The van der Waals surface area contributed by atoms with Crippen LogP contribution in [0.4, 0.5) is 11.4 Å². The molecule has 2 aromatic rings. The molecule has 0 saturated carbocycles. The Hall–Kier alpha value is -2.46. The largest absolute Gasteiger partial charge is 0.312 e. The van der Waals surface area contributed by atoms with Crippen molar-refractivity contribution in [3.8, 4) is 0 Å². The maximum atomic E-state index is 12.2. The number of aromatic nitrogens is 2. The summed E-state index contributed by atoms with van der Waals surface area (Å²) in [6.45, 7) is 1.60. The molecule has 2 heterocycles. The fraction of sp³-hybridized carbons (Fsp3) is 0.250. The van der Waals surface area contributed by atoms with Gasteiger partial charge in [0, 0.05) is 31.4 Å². The van der Waals surface area contributed by atoms with Gasteiger partial charge in [0.15, 0.2) is 0 Å². The van der Waals surface area contributed by atoms with Crippen LogP contribution in [0.5, 0.6) is 0 Å². The minimum Gasteiger partial charge on any atom is -0.312 e. The van der Waals surface area contributed by atoms with E-state index < -0.39 is 14.9 Å². The quantitative estimate of drug-likeness (QED) is 0.618. The molecule has 2 N–H and O–H groups in total. The molecule has 0 bridgehead atoms. The van der Waals surface area contributed by atoms with Crippen LogP contribution < -0.4 is 10.0 Å². The lowest BCUT2D eigenvalue weighted by atomic mass is 10.2. The van der Waals surface area contributed by atoms with Crippen LogP contribution in [0.2, 0.25) is 0 Å². The molecular formula is C12H13N5O4S. The summed E-state index contributed by atoms with van der Waals surface area (Å²) in [5, 5.41) is 17.8. The molecule has 0 radical (unpaired) electrons. The van der Waals surface area contributed by atoms with Gasteiger partial charge in [0.2, 0.25) is 0 Å². The summed E-state index contributed by atoms with van der Waals surface area (Å²) < 4.78 is 28.5. The van der Waals surface area contributed by atoms with E-state index in [2.05, 4.69) is 15.1 Å². The van der Waals surface area contributed by atoms with Crippen molar-refractivity contribution in [1.29, 1.82) is 0 Å². The molecule has 0 unspecified atom stereocenters. The average Bonchev–Trinajstić information content (AvgIpc) is 2.84. The van der Waals surface area contributed by atoms with Gasteiger partial charge in [-0.05, 0) is 12.1 Å². The van der Waals surface area contributed by atoms with Crippen LogP contribution in [0.25, 0.3) is 0 Å². The van der Waals surface area contributed by atoms with Crippen molar-refractivity contribution in [2.45, 2.75) is 10.9 Å².